The fraction of sp³-hybridized carbons (Fsp3) is 0.231. The molecule has 0 aliphatic carbocycles. The van der Waals surface area contributed by atoms with Gasteiger partial charge in [0.1, 0.15) is 10.8 Å². The van der Waals surface area contributed by atoms with Gasteiger partial charge in [0.15, 0.2) is 0 Å². The number of hydrogen-bond donors (Lipinski definition) is 1. The normalized spacial score (nSPS) is 10.2. The van der Waals surface area contributed by atoms with Gasteiger partial charge < -0.3 is 10.1 Å². The van der Waals surface area contributed by atoms with Crippen molar-refractivity contribution in [1.82, 2.24) is 10.3 Å². The van der Waals surface area contributed by atoms with E-state index >= 15 is 0 Å². The minimum Gasteiger partial charge on any atom is -0.453 e. The Morgan fingerprint density at radius 1 is 1.42 bits per heavy atom. The molecular weight excluding hydrogens is 267 g/mol. The van der Waals surface area contributed by atoms with Crippen LogP contribution < -0.4 is 5.32 Å². The van der Waals surface area contributed by atoms with Crippen LogP contribution in [0.5, 0.6) is 0 Å². The van der Waals surface area contributed by atoms with Crippen molar-refractivity contribution in [2.45, 2.75) is 6.42 Å². The molecule has 19 heavy (non-hydrogen) atoms. The maximum atomic E-state index is 12.8. The number of methoxy groups -OCH3 is 1. The maximum Gasteiger partial charge on any atom is 0.406 e. The standard InChI is InChI=1S/C13H13FN2O2S/c1-18-13(17)15-7-6-11-8-19-12(16-11)9-2-4-10(14)5-3-9/h2-5,8H,6-7H2,1H3,(H,15,17). The summed E-state index contributed by atoms with van der Waals surface area (Å²) in [6.07, 6.45) is 0.182. The number of benzene rings is 1. The van der Waals surface area contributed by atoms with Crippen LogP contribution in [0, 0.1) is 5.82 Å². The highest BCUT2D eigenvalue weighted by atomic mass is 32.1. The molecule has 4 nitrogen and oxygen atoms in total. The molecular formula is C13H13FN2O2S. The van der Waals surface area contributed by atoms with Crippen LogP contribution in [0.4, 0.5) is 9.18 Å². The topological polar surface area (TPSA) is 51.2 Å². The van der Waals surface area contributed by atoms with E-state index in [0.29, 0.717) is 13.0 Å². The molecule has 0 radical (unpaired) electrons. The molecule has 1 aromatic heterocycles. The average Bonchev–Trinajstić information content (AvgIpc) is 2.88. The largest absolute Gasteiger partial charge is 0.453 e. The molecule has 1 aromatic carbocycles. The van der Waals surface area contributed by atoms with Crippen LogP contribution in [0.25, 0.3) is 10.6 Å². The Morgan fingerprint density at radius 2 is 2.16 bits per heavy atom. The Morgan fingerprint density at radius 3 is 2.84 bits per heavy atom. The predicted molar refractivity (Wildman–Crippen MR) is 71.6 cm³/mol. The SMILES string of the molecule is COC(=O)NCCc1csc(-c2ccc(F)cc2)n1. The van der Waals surface area contributed by atoms with E-state index in [9.17, 15) is 9.18 Å². The zero-order valence-corrected chi connectivity index (χ0v) is 11.2. The lowest BCUT2D eigenvalue weighted by Crippen LogP contribution is -2.25. The highest BCUT2D eigenvalue weighted by Gasteiger charge is 2.05. The van der Waals surface area contributed by atoms with Crippen molar-refractivity contribution in [2.24, 2.45) is 0 Å². The minimum absolute atomic E-state index is 0.261. The number of carbonyl (C=O) groups excluding carboxylic acids is 1. The summed E-state index contributed by atoms with van der Waals surface area (Å²) in [7, 11) is 1.32. The monoisotopic (exact) mass is 280 g/mol. The molecule has 0 aliphatic rings. The first kappa shape index (κ1) is 13.5. The van der Waals surface area contributed by atoms with Crippen molar-refractivity contribution in [2.75, 3.05) is 13.7 Å². The Balaban J connectivity index is 1.95. The number of nitrogens with one attached hydrogen (secondary N) is 1. The summed E-state index contributed by atoms with van der Waals surface area (Å²) in [5.41, 5.74) is 1.78. The molecule has 0 saturated carbocycles. The lowest BCUT2D eigenvalue weighted by atomic mass is 10.2. The van der Waals surface area contributed by atoms with E-state index < -0.39 is 6.09 Å². The Kier molecular flexibility index (Phi) is 4.46. The lowest BCUT2D eigenvalue weighted by Gasteiger charge is -2.01. The predicted octanol–water partition coefficient (Wildman–Crippen LogP) is 2.85. The second kappa shape index (κ2) is 6.29. The Bertz CT molecular complexity index is 554. The van der Waals surface area contributed by atoms with Crippen LogP contribution in [0.3, 0.4) is 0 Å². The summed E-state index contributed by atoms with van der Waals surface area (Å²) < 4.78 is 17.3. The molecule has 0 saturated heterocycles. The Hall–Kier alpha value is -1.95. The molecule has 6 heteroatoms. The highest BCUT2D eigenvalue weighted by Crippen LogP contribution is 2.23. The van der Waals surface area contributed by atoms with Crippen molar-refractivity contribution in [3.05, 3.63) is 41.2 Å². The number of nitrogens with zero attached hydrogens (tertiary/aromatic N) is 1. The minimum atomic E-state index is -0.450. The summed E-state index contributed by atoms with van der Waals surface area (Å²) >= 11 is 1.50. The van der Waals surface area contributed by atoms with E-state index in [1.165, 1.54) is 30.6 Å². The molecule has 0 fully saturated rings. The van der Waals surface area contributed by atoms with Crippen LogP contribution in [0.15, 0.2) is 29.6 Å². The molecule has 0 atom stereocenters. The summed E-state index contributed by atoms with van der Waals surface area (Å²) in [4.78, 5) is 15.3. The van der Waals surface area contributed by atoms with E-state index in [1.54, 1.807) is 12.1 Å². The smallest absolute Gasteiger partial charge is 0.406 e. The molecule has 0 spiro atoms. The van der Waals surface area contributed by atoms with E-state index in [4.69, 9.17) is 0 Å². The first-order valence-electron chi connectivity index (χ1n) is 5.71. The molecule has 2 rings (SSSR count). The number of carbonyl (C=O) groups is 1. The average molecular weight is 280 g/mol. The van der Waals surface area contributed by atoms with Gasteiger partial charge in [-0.15, -0.1) is 11.3 Å². The number of thiazole rings is 1. The first-order chi connectivity index (χ1) is 9.19. The van der Waals surface area contributed by atoms with Gasteiger partial charge in [-0.25, -0.2) is 14.2 Å². The number of rotatable bonds is 4. The third kappa shape index (κ3) is 3.75. The molecule has 0 bridgehead atoms. The van der Waals surface area contributed by atoms with Gasteiger partial charge in [-0.2, -0.15) is 0 Å². The van der Waals surface area contributed by atoms with Gasteiger partial charge in [-0.1, -0.05) is 0 Å². The zero-order valence-electron chi connectivity index (χ0n) is 10.4. The van der Waals surface area contributed by atoms with Crippen molar-refractivity contribution in [1.29, 1.82) is 0 Å². The second-order valence-electron chi connectivity index (χ2n) is 3.82. The van der Waals surface area contributed by atoms with Gasteiger partial charge in [0.05, 0.1) is 12.8 Å². The molecule has 2 aromatic rings. The number of ether oxygens (including phenoxy) is 1. The number of hydrogen-bond acceptors (Lipinski definition) is 4. The van der Waals surface area contributed by atoms with E-state index in [0.717, 1.165) is 16.3 Å². The third-order valence-corrected chi connectivity index (χ3v) is 3.42. The molecule has 1 N–H and O–H groups in total. The molecule has 1 amide bonds. The molecule has 0 unspecified atom stereocenters. The van der Waals surface area contributed by atoms with E-state index in [1.807, 2.05) is 5.38 Å². The van der Waals surface area contributed by atoms with Gasteiger partial charge in [0.2, 0.25) is 0 Å². The highest BCUT2D eigenvalue weighted by molar-refractivity contribution is 7.13. The molecule has 100 valence electrons. The number of halogens is 1. The lowest BCUT2D eigenvalue weighted by molar-refractivity contribution is 0.171. The number of amides is 1. The van der Waals surface area contributed by atoms with Gasteiger partial charge in [-0.05, 0) is 24.3 Å². The van der Waals surface area contributed by atoms with Gasteiger partial charge >= 0.3 is 6.09 Å². The second-order valence-corrected chi connectivity index (χ2v) is 4.68. The van der Waals surface area contributed by atoms with E-state index in [-0.39, 0.29) is 5.82 Å². The maximum absolute atomic E-state index is 12.8. The quantitative estimate of drug-likeness (QED) is 0.937. The number of alkyl carbamates (subject to hydrolysis) is 1. The van der Waals surface area contributed by atoms with Crippen molar-refractivity contribution in [3.63, 3.8) is 0 Å². The van der Waals surface area contributed by atoms with Crippen LogP contribution in [-0.4, -0.2) is 24.7 Å². The van der Waals surface area contributed by atoms with Gasteiger partial charge in [0.25, 0.3) is 0 Å². The van der Waals surface area contributed by atoms with Crippen molar-refractivity contribution >= 4 is 17.4 Å². The summed E-state index contributed by atoms with van der Waals surface area (Å²) in [6.45, 7) is 0.471. The van der Waals surface area contributed by atoms with Crippen LogP contribution in [0.1, 0.15) is 5.69 Å². The Labute approximate surface area is 114 Å². The first-order valence-corrected chi connectivity index (χ1v) is 6.59. The molecule has 1 heterocycles. The fourth-order valence-corrected chi connectivity index (χ4v) is 2.37. The molecule has 0 aliphatic heterocycles. The number of aromatic nitrogens is 1. The summed E-state index contributed by atoms with van der Waals surface area (Å²) in [5.74, 6) is -0.261. The fourth-order valence-electron chi connectivity index (χ4n) is 1.51. The van der Waals surface area contributed by atoms with E-state index in [2.05, 4.69) is 15.0 Å². The summed E-state index contributed by atoms with van der Waals surface area (Å²) in [6, 6.07) is 6.22. The van der Waals surface area contributed by atoms with Crippen molar-refractivity contribution in [3.8, 4) is 10.6 Å². The van der Waals surface area contributed by atoms with Crippen molar-refractivity contribution < 1.29 is 13.9 Å². The van der Waals surface area contributed by atoms with Crippen LogP contribution in [0.2, 0.25) is 0 Å². The summed E-state index contributed by atoms with van der Waals surface area (Å²) in [5, 5.41) is 5.36. The van der Waals surface area contributed by atoms with Crippen LogP contribution in [-0.2, 0) is 11.2 Å². The zero-order chi connectivity index (χ0) is 13.7. The van der Waals surface area contributed by atoms with Gasteiger partial charge in [0, 0.05) is 23.9 Å². The van der Waals surface area contributed by atoms with Gasteiger partial charge in [-0.3, -0.25) is 0 Å². The van der Waals surface area contributed by atoms with Crippen LogP contribution >= 0.6 is 11.3 Å². The third-order valence-electron chi connectivity index (χ3n) is 2.48.